The molecular weight excluding hydrogens is 700 g/mol. The predicted octanol–water partition coefficient (Wildman–Crippen LogP) is 7.79. The third kappa shape index (κ3) is 5.84. The number of cyclic esters (lactones) is 1. The van der Waals surface area contributed by atoms with Gasteiger partial charge in [-0.15, -0.1) is 0 Å². The molecule has 1 aliphatic heterocycles. The second-order valence-corrected chi connectivity index (χ2v) is 10.5. The van der Waals surface area contributed by atoms with E-state index < -0.39 is 5.97 Å². The van der Waals surface area contributed by atoms with Crippen molar-refractivity contribution in [1.82, 2.24) is 0 Å². The van der Waals surface area contributed by atoms with Gasteiger partial charge in [0.2, 0.25) is 5.90 Å². The van der Waals surface area contributed by atoms with Gasteiger partial charge in [0.15, 0.2) is 17.2 Å². The lowest BCUT2D eigenvalue weighted by atomic mass is 10.1. The van der Waals surface area contributed by atoms with Gasteiger partial charge in [-0.25, -0.2) is 9.79 Å². The summed E-state index contributed by atoms with van der Waals surface area (Å²) in [6, 6.07) is 16.9. The number of hydrogen-bond acceptors (Lipinski definition) is 5. The van der Waals surface area contributed by atoms with Crippen molar-refractivity contribution in [3.8, 4) is 11.5 Å². The predicted molar refractivity (Wildman–Crippen MR) is 149 cm³/mol. The molecule has 0 bridgehead atoms. The molecule has 0 radical (unpaired) electrons. The van der Waals surface area contributed by atoms with E-state index in [1.807, 2.05) is 49.4 Å². The molecule has 3 aromatic carbocycles. The number of aliphatic imine (C=N–C) groups is 1. The Balaban J connectivity index is 1.64. The number of esters is 1. The largest absolute Gasteiger partial charge is 0.490 e. The molecule has 0 unspecified atom stereocenters. The van der Waals surface area contributed by atoms with Crippen LogP contribution in [0.25, 0.3) is 6.08 Å². The van der Waals surface area contributed by atoms with Crippen LogP contribution >= 0.6 is 66.1 Å². The van der Waals surface area contributed by atoms with E-state index in [0.29, 0.717) is 45.3 Å². The summed E-state index contributed by atoms with van der Waals surface area (Å²) in [6.07, 6.45) is 1.64. The molecule has 0 aromatic heterocycles. The number of hydrogen-bond donors (Lipinski definition) is 0. The van der Waals surface area contributed by atoms with Crippen LogP contribution in [0.15, 0.2) is 74.2 Å². The van der Waals surface area contributed by atoms with Crippen LogP contribution in [-0.4, -0.2) is 18.5 Å². The minimum absolute atomic E-state index is 0.168. The normalized spacial score (nSPS) is 14.2. The molecule has 9 heteroatoms. The molecule has 4 rings (SSSR count). The summed E-state index contributed by atoms with van der Waals surface area (Å²) in [5, 5.41) is 0.459. The van der Waals surface area contributed by atoms with Crippen LogP contribution in [0.3, 0.4) is 0 Å². The molecule has 3 aromatic rings. The van der Waals surface area contributed by atoms with E-state index in [9.17, 15) is 4.79 Å². The fourth-order valence-electron chi connectivity index (χ4n) is 3.18. The highest BCUT2D eigenvalue weighted by atomic mass is 127. The maximum Gasteiger partial charge on any atom is 0.363 e. The molecule has 34 heavy (non-hydrogen) atoms. The van der Waals surface area contributed by atoms with E-state index in [-0.39, 0.29) is 11.6 Å². The van der Waals surface area contributed by atoms with Crippen LogP contribution in [0.2, 0.25) is 5.02 Å². The average molecular weight is 718 g/mol. The van der Waals surface area contributed by atoms with Gasteiger partial charge in [-0.1, -0.05) is 45.7 Å². The highest BCUT2D eigenvalue weighted by Crippen LogP contribution is 2.39. The smallest absolute Gasteiger partial charge is 0.363 e. The molecule has 174 valence electrons. The van der Waals surface area contributed by atoms with Crippen LogP contribution in [0, 0.1) is 3.57 Å². The van der Waals surface area contributed by atoms with Crippen molar-refractivity contribution in [1.29, 1.82) is 0 Å². The maximum absolute atomic E-state index is 12.5. The highest BCUT2D eigenvalue weighted by molar-refractivity contribution is 14.1. The molecule has 0 saturated carbocycles. The first-order valence-corrected chi connectivity index (χ1v) is 13.2. The summed E-state index contributed by atoms with van der Waals surface area (Å²) >= 11 is 15.6. The molecule has 1 heterocycles. The first-order chi connectivity index (χ1) is 16.4. The first-order valence-electron chi connectivity index (χ1n) is 10.2. The summed E-state index contributed by atoms with van der Waals surface area (Å²) in [7, 11) is 0. The van der Waals surface area contributed by atoms with Crippen molar-refractivity contribution in [3.63, 3.8) is 0 Å². The van der Waals surface area contributed by atoms with Gasteiger partial charge in [0.1, 0.15) is 6.61 Å². The van der Waals surface area contributed by atoms with Gasteiger partial charge >= 0.3 is 5.97 Å². The molecule has 1 aliphatic rings. The summed E-state index contributed by atoms with van der Waals surface area (Å²) < 4.78 is 19.9. The molecule has 0 atom stereocenters. The Kier molecular flexibility index (Phi) is 8.34. The number of nitrogens with zero attached hydrogens (tertiary/aromatic N) is 1. The van der Waals surface area contributed by atoms with E-state index >= 15 is 0 Å². The Morgan fingerprint density at radius 3 is 2.65 bits per heavy atom. The van der Waals surface area contributed by atoms with E-state index in [1.54, 1.807) is 18.2 Å². The van der Waals surface area contributed by atoms with Crippen LogP contribution in [-0.2, 0) is 16.1 Å². The second kappa shape index (κ2) is 11.2. The van der Waals surface area contributed by atoms with Gasteiger partial charge in [-0.3, -0.25) is 0 Å². The Bertz CT molecular complexity index is 1330. The number of rotatable bonds is 7. The zero-order valence-corrected chi connectivity index (χ0v) is 23.9. The Morgan fingerprint density at radius 1 is 1.09 bits per heavy atom. The summed E-state index contributed by atoms with van der Waals surface area (Å²) in [6.45, 7) is 2.71. The van der Waals surface area contributed by atoms with Crippen molar-refractivity contribution in [2.45, 2.75) is 13.5 Å². The minimum atomic E-state index is -0.548. The van der Waals surface area contributed by atoms with Gasteiger partial charge in [0.25, 0.3) is 0 Å². The SMILES string of the molecule is CCOc1cc(/C=C2\N=C(c3cc(I)ccc3Cl)OC2=O)cc(Br)c1OCc1ccccc1Br. The highest BCUT2D eigenvalue weighted by Gasteiger charge is 2.26. The summed E-state index contributed by atoms with van der Waals surface area (Å²) in [4.78, 5) is 16.9. The Hall–Kier alpha value is -1.88. The molecule has 0 spiro atoms. The van der Waals surface area contributed by atoms with Crippen molar-refractivity contribution < 1.29 is 19.0 Å². The standard InChI is InChI=1S/C25H17Br2ClINO4/c1-2-32-22-11-14(9-19(27)23(22)33-13-15-5-3-4-6-18(15)26)10-21-25(31)34-24(30-21)17-12-16(29)7-8-20(17)28/h3-12H,2,13H2,1H3/b21-10-. The molecule has 0 saturated heterocycles. The Labute approximate surface area is 232 Å². The zero-order valence-electron chi connectivity index (χ0n) is 17.8. The van der Waals surface area contributed by atoms with Crippen LogP contribution < -0.4 is 9.47 Å². The van der Waals surface area contributed by atoms with Gasteiger partial charge in [0, 0.05) is 13.6 Å². The van der Waals surface area contributed by atoms with Crippen molar-refractivity contribution in [3.05, 3.63) is 94.5 Å². The van der Waals surface area contributed by atoms with Gasteiger partial charge < -0.3 is 14.2 Å². The molecule has 5 nitrogen and oxygen atoms in total. The fraction of sp³-hybridized carbons (Fsp3) is 0.120. The van der Waals surface area contributed by atoms with Crippen molar-refractivity contribution in [2.75, 3.05) is 6.61 Å². The monoisotopic (exact) mass is 715 g/mol. The van der Waals surface area contributed by atoms with Gasteiger partial charge in [-0.2, -0.15) is 0 Å². The average Bonchev–Trinajstić information content (AvgIpc) is 3.16. The van der Waals surface area contributed by atoms with Crippen LogP contribution in [0.4, 0.5) is 0 Å². The van der Waals surface area contributed by atoms with Crippen LogP contribution in [0.1, 0.15) is 23.6 Å². The Morgan fingerprint density at radius 2 is 1.88 bits per heavy atom. The van der Waals surface area contributed by atoms with E-state index in [2.05, 4.69) is 59.4 Å². The summed E-state index contributed by atoms with van der Waals surface area (Å²) in [5.41, 5.74) is 2.44. The quantitative estimate of drug-likeness (QED) is 0.142. The number of carbonyl (C=O) groups is 1. The van der Waals surface area contributed by atoms with Crippen molar-refractivity contribution in [2.24, 2.45) is 4.99 Å². The van der Waals surface area contributed by atoms with E-state index in [4.69, 9.17) is 25.8 Å². The molecule has 0 N–H and O–H groups in total. The third-order valence-corrected chi connectivity index (χ3v) is 7.11. The lowest BCUT2D eigenvalue weighted by Crippen LogP contribution is -2.06. The van der Waals surface area contributed by atoms with E-state index in [1.165, 1.54) is 0 Å². The minimum Gasteiger partial charge on any atom is -0.490 e. The maximum atomic E-state index is 12.5. The number of benzene rings is 3. The van der Waals surface area contributed by atoms with E-state index in [0.717, 1.165) is 13.6 Å². The molecule has 0 amide bonds. The topological polar surface area (TPSA) is 57.1 Å². The third-order valence-electron chi connectivity index (χ3n) is 4.74. The summed E-state index contributed by atoms with van der Waals surface area (Å²) in [5.74, 6) is 0.751. The van der Waals surface area contributed by atoms with Gasteiger partial charge in [-0.05, 0) is 93.5 Å². The molecular formula is C25H17Br2ClINO4. The molecule has 0 fully saturated rings. The lowest BCUT2D eigenvalue weighted by Gasteiger charge is -2.15. The molecule has 0 aliphatic carbocycles. The number of carbonyl (C=O) groups excluding carboxylic acids is 1. The number of halogens is 4. The second-order valence-electron chi connectivity index (χ2n) is 7.10. The number of ether oxygens (including phenoxy) is 3. The fourth-order valence-corrected chi connectivity index (χ4v) is 4.85. The van der Waals surface area contributed by atoms with Crippen LogP contribution in [0.5, 0.6) is 11.5 Å². The van der Waals surface area contributed by atoms with Crippen molar-refractivity contribution >= 4 is 84.0 Å². The lowest BCUT2D eigenvalue weighted by molar-refractivity contribution is -0.129. The van der Waals surface area contributed by atoms with Gasteiger partial charge in [0.05, 0.1) is 21.7 Å². The first kappa shape index (κ1) is 25.2. The zero-order chi connectivity index (χ0) is 24.2.